The Hall–Kier alpha value is -2.33. The predicted octanol–water partition coefficient (Wildman–Crippen LogP) is 5.73. The third-order valence-corrected chi connectivity index (χ3v) is 6.02. The van der Waals surface area contributed by atoms with Crippen molar-refractivity contribution in [3.05, 3.63) is 71.8 Å². The van der Waals surface area contributed by atoms with Crippen LogP contribution in [0.3, 0.4) is 0 Å². The summed E-state index contributed by atoms with van der Waals surface area (Å²) >= 11 is 1.72. The first-order chi connectivity index (χ1) is 13.3. The SMILES string of the molecule is Cc1ccc(CSc2ccc(-c3ccc(N4CCCCC4)cc3)nn2)cc1. The van der Waals surface area contributed by atoms with Crippen molar-refractivity contribution in [1.29, 1.82) is 0 Å². The topological polar surface area (TPSA) is 29.0 Å². The average molecular weight is 376 g/mol. The number of piperidine rings is 1. The fourth-order valence-electron chi connectivity index (χ4n) is 3.39. The number of anilines is 1. The largest absolute Gasteiger partial charge is 0.372 e. The smallest absolute Gasteiger partial charge is 0.119 e. The molecule has 1 saturated heterocycles. The number of nitrogens with zero attached hydrogens (tertiary/aromatic N) is 3. The molecule has 27 heavy (non-hydrogen) atoms. The van der Waals surface area contributed by atoms with Gasteiger partial charge < -0.3 is 4.90 Å². The van der Waals surface area contributed by atoms with Gasteiger partial charge in [0.2, 0.25) is 0 Å². The molecule has 4 rings (SSSR count). The third kappa shape index (κ3) is 4.69. The molecule has 3 aromatic rings. The lowest BCUT2D eigenvalue weighted by atomic mass is 10.1. The van der Waals surface area contributed by atoms with Gasteiger partial charge in [-0.15, -0.1) is 10.2 Å². The van der Waals surface area contributed by atoms with Crippen molar-refractivity contribution in [2.75, 3.05) is 18.0 Å². The first kappa shape index (κ1) is 18.1. The second kappa shape index (κ2) is 8.57. The molecule has 0 spiro atoms. The second-order valence-electron chi connectivity index (χ2n) is 7.13. The van der Waals surface area contributed by atoms with Gasteiger partial charge in [0.1, 0.15) is 5.03 Å². The minimum atomic E-state index is 0.916. The molecule has 0 amide bonds. The third-order valence-electron chi connectivity index (χ3n) is 5.03. The summed E-state index contributed by atoms with van der Waals surface area (Å²) in [5, 5.41) is 9.80. The molecule has 0 saturated carbocycles. The summed E-state index contributed by atoms with van der Waals surface area (Å²) in [6, 6.07) is 21.5. The summed E-state index contributed by atoms with van der Waals surface area (Å²) in [6.07, 6.45) is 3.96. The zero-order chi connectivity index (χ0) is 18.5. The molecule has 4 heteroatoms. The van der Waals surface area contributed by atoms with Gasteiger partial charge in [-0.05, 0) is 56.0 Å². The van der Waals surface area contributed by atoms with Crippen LogP contribution >= 0.6 is 11.8 Å². The van der Waals surface area contributed by atoms with E-state index >= 15 is 0 Å². The maximum Gasteiger partial charge on any atom is 0.119 e. The zero-order valence-corrected chi connectivity index (χ0v) is 16.6. The lowest BCUT2D eigenvalue weighted by Crippen LogP contribution is -2.29. The lowest BCUT2D eigenvalue weighted by molar-refractivity contribution is 0.578. The molecule has 1 fully saturated rings. The molecule has 2 heterocycles. The van der Waals surface area contributed by atoms with Crippen molar-refractivity contribution in [2.24, 2.45) is 0 Å². The van der Waals surface area contributed by atoms with Crippen molar-refractivity contribution in [2.45, 2.75) is 37.0 Å². The van der Waals surface area contributed by atoms with E-state index in [2.05, 4.69) is 82.7 Å². The molecule has 1 aliphatic rings. The van der Waals surface area contributed by atoms with Gasteiger partial charge in [0.15, 0.2) is 0 Å². The predicted molar refractivity (Wildman–Crippen MR) is 114 cm³/mol. The van der Waals surface area contributed by atoms with E-state index in [4.69, 9.17) is 0 Å². The fraction of sp³-hybridized carbons (Fsp3) is 0.304. The summed E-state index contributed by atoms with van der Waals surface area (Å²) < 4.78 is 0. The Morgan fingerprint density at radius 2 is 1.56 bits per heavy atom. The molecule has 0 atom stereocenters. The van der Waals surface area contributed by atoms with Crippen LogP contribution in [0.1, 0.15) is 30.4 Å². The normalized spacial score (nSPS) is 14.3. The molecule has 0 unspecified atom stereocenters. The standard InChI is InChI=1S/C23H25N3S/c1-18-5-7-19(8-6-18)17-27-23-14-13-22(24-25-23)20-9-11-21(12-10-20)26-15-3-2-4-16-26/h5-14H,2-4,15-17H2,1H3. The Kier molecular flexibility index (Phi) is 5.73. The zero-order valence-electron chi connectivity index (χ0n) is 15.8. The van der Waals surface area contributed by atoms with Gasteiger partial charge in [0, 0.05) is 30.1 Å². The number of aromatic nitrogens is 2. The van der Waals surface area contributed by atoms with Crippen LogP contribution in [0.15, 0.2) is 65.7 Å². The molecule has 2 aromatic carbocycles. The summed E-state index contributed by atoms with van der Waals surface area (Å²) in [4.78, 5) is 2.48. The molecule has 0 radical (unpaired) electrons. The molecule has 1 aliphatic heterocycles. The lowest BCUT2D eigenvalue weighted by Gasteiger charge is -2.28. The molecule has 3 nitrogen and oxygen atoms in total. The van der Waals surface area contributed by atoms with Crippen molar-refractivity contribution in [3.63, 3.8) is 0 Å². The highest BCUT2D eigenvalue weighted by atomic mass is 32.2. The fourth-order valence-corrected chi connectivity index (χ4v) is 4.16. The van der Waals surface area contributed by atoms with Crippen LogP contribution < -0.4 is 4.90 Å². The Morgan fingerprint density at radius 1 is 0.815 bits per heavy atom. The highest BCUT2D eigenvalue weighted by Gasteiger charge is 2.11. The molecule has 0 bridgehead atoms. The van der Waals surface area contributed by atoms with E-state index in [-0.39, 0.29) is 0 Å². The van der Waals surface area contributed by atoms with Crippen molar-refractivity contribution < 1.29 is 0 Å². The maximum absolute atomic E-state index is 4.43. The number of aryl methyl sites for hydroxylation is 1. The summed E-state index contributed by atoms with van der Waals surface area (Å²) in [6.45, 7) is 4.46. The molecule has 0 N–H and O–H groups in total. The van der Waals surface area contributed by atoms with E-state index in [1.54, 1.807) is 11.8 Å². The van der Waals surface area contributed by atoms with E-state index < -0.39 is 0 Å². The van der Waals surface area contributed by atoms with Crippen LogP contribution in [0, 0.1) is 6.92 Å². The average Bonchev–Trinajstić information content (AvgIpc) is 2.75. The molecule has 0 aliphatic carbocycles. The van der Waals surface area contributed by atoms with Crippen molar-refractivity contribution in [3.8, 4) is 11.3 Å². The van der Waals surface area contributed by atoms with Gasteiger partial charge in [-0.1, -0.05) is 53.7 Å². The number of hydrogen-bond donors (Lipinski definition) is 0. The van der Waals surface area contributed by atoms with Crippen molar-refractivity contribution >= 4 is 17.4 Å². The van der Waals surface area contributed by atoms with Gasteiger partial charge >= 0.3 is 0 Å². The molecular formula is C23H25N3S. The van der Waals surface area contributed by atoms with Gasteiger partial charge in [-0.25, -0.2) is 0 Å². The highest BCUT2D eigenvalue weighted by molar-refractivity contribution is 7.98. The number of benzene rings is 2. The van der Waals surface area contributed by atoms with Gasteiger partial charge in [0.05, 0.1) is 5.69 Å². The van der Waals surface area contributed by atoms with Gasteiger partial charge in [-0.2, -0.15) is 0 Å². The van der Waals surface area contributed by atoms with Crippen molar-refractivity contribution in [1.82, 2.24) is 10.2 Å². The van der Waals surface area contributed by atoms with E-state index in [1.165, 1.54) is 49.2 Å². The molecule has 1 aromatic heterocycles. The first-order valence-electron chi connectivity index (χ1n) is 9.65. The Labute approximate surface area is 165 Å². The van der Waals surface area contributed by atoms with Gasteiger partial charge in [-0.3, -0.25) is 0 Å². The Bertz CT molecular complexity index is 852. The van der Waals surface area contributed by atoms with E-state index in [0.29, 0.717) is 0 Å². The van der Waals surface area contributed by atoms with Crippen LogP contribution in [0.4, 0.5) is 5.69 Å². The maximum atomic E-state index is 4.43. The van der Waals surface area contributed by atoms with Crippen LogP contribution in [0.5, 0.6) is 0 Å². The summed E-state index contributed by atoms with van der Waals surface area (Å²) in [5.74, 6) is 0.916. The number of thioether (sulfide) groups is 1. The highest BCUT2D eigenvalue weighted by Crippen LogP contribution is 2.26. The van der Waals surface area contributed by atoms with E-state index in [0.717, 1.165) is 22.0 Å². The number of hydrogen-bond acceptors (Lipinski definition) is 4. The van der Waals surface area contributed by atoms with Crippen LogP contribution in [-0.4, -0.2) is 23.3 Å². The summed E-state index contributed by atoms with van der Waals surface area (Å²) in [5.41, 5.74) is 5.97. The van der Waals surface area contributed by atoms with Gasteiger partial charge in [0.25, 0.3) is 0 Å². The van der Waals surface area contributed by atoms with E-state index in [1.807, 2.05) is 0 Å². The monoisotopic (exact) mass is 375 g/mol. The first-order valence-corrected chi connectivity index (χ1v) is 10.6. The minimum Gasteiger partial charge on any atom is -0.372 e. The number of rotatable bonds is 5. The summed E-state index contributed by atoms with van der Waals surface area (Å²) in [7, 11) is 0. The Balaban J connectivity index is 1.38. The molecular weight excluding hydrogens is 350 g/mol. The van der Waals surface area contributed by atoms with E-state index in [9.17, 15) is 0 Å². The quantitative estimate of drug-likeness (QED) is 0.532. The second-order valence-corrected chi connectivity index (χ2v) is 8.12. The minimum absolute atomic E-state index is 0.916. The van der Waals surface area contributed by atoms with Crippen LogP contribution in [0.25, 0.3) is 11.3 Å². The molecule has 138 valence electrons. The Morgan fingerprint density at radius 3 is 2.22 bits per heavy atom. The van der Waals surface area contributed by atoms with Crippen LogP contribution in [0.2, 0.25) is 0 Å². The van der Waals surface area contributed by atoms with Crippen LogP contribution in [-0.2, 0) is 5.75 Å².